The number of aromatic nitrogens is 3. The first-order chi connectivity index (χ1) is 13.5. The second-order valence-electron chi connectivity index (χ2n) is 6.10. The number of fused-ring (bicyclic) bond motifs is 1. The molecule has 0 saturated heterocycles. The van der Waals surface area contributed by atoms with Gasteiger partial charge < -0.3 is 9.88 Å². The smallest absolute Gasteiger partial charge is 0.257 e. The first kappa shape index (κ1) is 18.4. The quantitative estimate of drug-likeness (QED) is 0.500. The highest BCUT2D eigenvalue weighted by atomic mass is 35.5. The number of benzene rings is 1. The van der Waals surface area contributed by atoms with Gasteiger partial charge in [-0.25, -0.2) is 9.37 Å². The zero-order chi connectivity index (χ0) is 19.7. The maximum atomic E-state index is 13.2. The van der Waals surface area contributed by atoms with Gasteiger partial charge in [-0.1, -0.05) is 35.3 Å². The van der Waals surface area contributed by atoms with Gasteiger partial charge in [0.25, 0.3) is 5.91 Å². The molecular weight excluding hydrogens is 402 g/mol. The molecule has 0 atom stereocenters. The van der Waals surface area contributed by atoms with Crippen molar-refractivity contribution in [3.63, 3.8) is 0 Å². The molecule has 1 aromatic carbocycles. The van der Waals surface area contributed by atoms with Crippen LogP contribution in [0.25, 0.3) is 11.0 Å². The van der Waals surface area contributed by atoms with Crippen LogP contribution in [0.15, 0.2) is 61.2 Å². The maximum Gasteiger partial charge on any atom is 0.257 e. The zero-order valence-corrected chi connectivity index (χ0v) is 15.9. The zero-order valence-electron chi connectivity index (χ0n) is 14.4. The van der Waals surface area contributed by atoms with Crippen molar-refractivity contribution in [1.29, 1.82) is 0 Å². The lowest BCUT2D eigenvalue weighted by molar-refractivity contribution is 0.102. The van der Waals surface area contributed by atoms with E-state index in [0.717, 1.165) is 5.56 Å². The number of pyridine rings is 2. The fourth-order valence-electron chi connectivity index (χ4n) is 2.92. The van der Waals surface area contributed by atoms with Crippen LogP contribution in [-0.4, -0.2) is 20.4 Å². The molecule has 0 aliphatic heterocycles. The van der Waals surface area contributed by atoms with Gasteiger partial charge in [-0.3, -0.25) is 9.78 Å². The molecular formula is C20H13Cl2FN4O. The second kappa shape index (κ2) is 7.58. The fraction of sp³-hybridized carbons (Fsp3) is 0.0500. The number of hydrogen-bond donors (Lipinski definition) is 1. The molecule has 3 aromatic heterocycles. The van der Waals surface area contributed by atoms with Gasteiger partial charge >= 0.3 is 0 Å². The average Bonchev–Trinajstić information content (AvgIpc) is 3.05. The third-order valence-electron chi connectivity index (χ3n) is 4.24. The van der Waals surface area contributed by atoms with Crippen LogP contribution < -0.4 is 5.32 Å². The predicted molar refractivity (Wildman–Crippen MR) is 107 cm³/mol. The lowest BCUT2D eigenvalue weighted by Gasteiger charge is -2.08. The molecule has 1 N–H and O–H groups in total. The molecule has 0 unspecified atom stereocenters. The molecule has 0 bridgehead atoms. The number of rotatable bonds is 4. The van der Waals surface area contributed by atoms with Crippen molar-refractivity contribution in [2.24, 2.45) is 0 Å². The van der Waals surface area contributed by atoms with Gasteiger partial charge in [-0.15, -0.1) is 0 Å². The second-order valence-corrected chi connectivity index (χ2v) is 6.92. The average molecular weight is 415 g/mol. The van der Waals surface area contributed by atoms with Crippen LogP contribution in [0, 0.1) is 5.82 Å². The van der Waals surface area contributed by atoms with Crippen LogP contribution in [0.5, 0.6) is 0 Å². The summed E-state index contributed by atoms with van der Waals surface area (Å²) in [5.74, 6) is -0.670. The Morgan fingerprint density at radius 1 is 1.11 bits per heavy atom. The van der Waals surface area contributed by atoms with E-state index < -0.39 is 0 Å². The number of carbonyl (C=O) groups is 1. The standard InChI is InChI=1S/C20H13Cl2FN4O/c21-16-8-24-9-17(22)18(16)26-20(28)15-11-27(19-14(15)2-1-7-25-19)10-12-3-5-13(23)6-4-12/h1-9,11H,10H2,(H,24,26,28). The van der Waals surface area contributed by atoms with E-state index in [9.17, 15) is 9.18 Å². The molecule has 140 valence electrons. The molecule has 0 spiro atoms. The molecule has 3 heterocycles. The highest BCUT2D eigenvalue weighted by Gasteiger charge is 2.18. The Kier molecular flexibility index (Phi) is 4.98. The SMILES string of the molecule is O=C(Nc1c(Cl)cncc1Cl)c1cn(Cc2ccc(F)cc2)c2ncccc12. The molecule has 0 aliphatic rings. The molecule has 28 heavy (non-hydrogen) atoms. The van der Waals surface area contributed by atoms with Crippen molar-refractivity contribution in [2.75, 3.05) is 5.32 Å². The first-order valence-electron chi connectivity index (χ1n) is 8.31. The molecule has 1 amide bonds. The van der Waals surface area contributed by atoms with Crippen molar-refractivity contribution in [2.45, 2.75) is 6.54 Å². The monoisotopic (exact) mass is 414 g/mol. The minimum absolute atomic E-state index is 0.244. The van der Waals surface area contributed by atoms with Gasteiger partial charge in [0.05, 0.1) is 21.3 Å². The van der Waals surface area contributed by atoms with E-state index in [1.807, 2.05) is 10.6 Å². The molecule has 4 aromatic rings. The molecule has 8 heteroatoms. The van der Waals surface area contributed by atoms with Crippen LogP contribution in [0.4, 0.5) is 10.1 Å². The molecule has 0 radical (unpaired) electrons. The molecule has 5 nitrogen and oxygen atoms in total. The van der Waals surface area contributed by atoms with Crippen LogP contribution >= 0.6 is 23.2 Å². The van der Waals surface area contributed by atoms with Crippen LogP contribution in [0.1, 0.15) is 15.9 Å². The van der Waals surface area contributed by atoms with Gasteiger partial charge in [-0.2, -0.15) is 0 Å². The summed E-state index contributed by atoms with van der Waals surface area (Å²) in [5.41, 5.74) is 2.25. The van der Waals surface area contributed by atoms with Gasteiger partial charge in [0.2, 0.25) is 0 Å². The number of amides is 1. The van der Waals surface area contributed by atoms with Crippen molar-refractivity contribution >= 4 is 45.8 Å². The lowest BCUT2D eigenvalue weighted by atomic mass is 10.2. The van der Waals surface area contributed by atoms with Crippen molar-refractivity contribution in [3.8, 4) is 0 Å². The van der Waals surface area contributed by atoms with E-state index in [2.05, 4.69) is 15.3 Å². The van der Waals surface area contributed by atoms with Gasteiger partial charge in [0.15, 0.2) is 0 Å². The highest BCUT2D eigenvalue weighted by Crippen LogP contribution is 2.30. The minimum Gasteiger partial charge on any atom is -0.327 e. The van der Waals surface area contributed by atoms with E-state index in [1.165, 1.54) is 24.5 Å². The summed E-state index contributed by atoms with van der Waals surface area (Å²) in [4.78, 5) is 21.2. The predicted octanol–water partition coefficient (Wildman–Crippen LogP) is 5.18. The minimum atomic E-state index is -0.370. The Labute approximate surface area is 169 Å². The molecule has 0 saturated carbocycles. The van der Waals surface area contributed by atoms with Gasteiger partial charge in [-0.05, 0) is 29.8 Å². The molecule has 4 rings (SSSR count). The number of hydrogen-bond acceptors (Lipinski definition) is 3. The van der Waals surface area contributed by atoms with Crippen LogP contribution in [0.3, 0.4) is 0 Å². The highest BCUT2D eigenvalue weighted by molar-refractivity contribution is 6.39. The topological polar surface area (TPSA) is 59.8 Å². The maximum absolute atomic E-state index is 13.2. The van der Waals surface area contributed by atoms with E-state index in [-0.39, 0.29) is 21.8 Å². The summed E-state index contributed by atoms with van der Waals surface area (Å²) in [6, 6.07) is 9.76. The largest absolute Gasteiger partial charge is 0.327 e. The Morgan fingerprint density at radius 3 is 2.54 bits per heavy atom. The number of carbonyl (C=O) groups excluding carboxylic acids is 1. The Hall–Kier alpha value is -2.96. The molecule has 0 aliphatic carbocycles. The number of nitrogens with one attached hydrogen (secondary N) is 1. The third-order valence-corrected chi connectivity index (χ3v) is 4.81. The Morgan fingerprint density at radius 2 is 1.82 bits per heavy atom. The Balaban J connectivity index is 1.71. The third kappa shape index (κ3) is 3.56. The summed E-state index contributed by atoms with van der Waals surface area (Å²) < 4.78 is 15.0. The lowest BCUT2D eigenvalue weighted by Crippen LogP contribution is -2.12. The molecule has 0 fully saturated rings. The summed E-state index contributed by atoms with van der Waals surface area (Å²) in [6.07, 6.45) is 6.17. The van der Waals surface area contributed by atoms with Crippen molar-refractivity contribution < 1.29 is 9.18 Å². The fourth-order valence-corrected chi connectivity index (χ4v) is 3.38. The van der Waals surface area contributed by atoms with E-state index in [0.29, 0.717) is 28.8 Å². The number of anilines is 1. The van der Waals surface area contributed by atoms with Gasteiger partial charge in [0, 0.05) is 36.7 Å². The summed E-state index contributed by atoms with van der Waals surface area (Å²) in [5, 5.41) is 3.91. The van der Waals surface area contributed by atoms with E-state index in [1.54, 1.807) is 30.6 Å². The van der Waals surface area contributed by atoms with Crippen LogP contribution in [-0.2, 0) is 6.54 Å². The van der Waals surface area contributed by atoms with Crippen molar-refractivity contribution in [1.82, 2.24) is 14.5 Å². The van der Waals surface area contributed by atoms with Gasteiger partial charge in [0.1, 0.15) is 11.5 Å². The van der Waals surface area contributed by atoms with E-state index >= 15 is 0 Å². The number of nitrogens with zero attached hydrogens (tertiary/aromatic N) is 3. The Bertz CT molecular complexity index is 1150. The van der Waals surface area contributed by atoms with E-state index in [4.69, 9.17) is 23.2 Å². The normalized spacial score (nSPS) is 11.0. The summed E-state index contributed by atoms with van der Waals surface area (Å²) in [7, 11) is 0. The first-order valence-corrected chi connectivity index (χ1v) is 9.07. The van der Waals surface area contributed by atoms with Crippen molar-refractivity contribution in [3.05, 3.63) is 88.2 Å². The summed E-state index contributed by atoms with van der Waals surface area (Å²) >= 11 is 12.2. The summed E-state index contributed by atoms with van der Waals surface area (Å²) in [6.45, 7) is 0.442. The van der Waals surface area contributed by atoms with Crippen LogP contribution in [0.2, 0.25) is 10.0 Å². The number of halogens is 3.